The molecule has 2 saturated heterocycles. The number of amides is 1. The summed E-state index contributed by atoms with van der Waals surface area (Å²) in [6, 6.07) is 9.41. The zero-order valence-electron chi connectivity index (χ0n) is 20.5. The number of likely N-dealkylation sites (tertiary alicyclic amines) is 1. The van der Waals surface area contributed by atoms with Gasteiger partial charge in [0.25, 0.3) is 5.92 Å². The third-order valence-corrected chi connectivity index (χ3v) is 6.40. The van der Waals surface area contributed by atoms with E-state index in [1.807, 2.05) is 24.3 Å². The predicted molar refractivity (Wildman–Crippen MR) is 135 cm³/mol. The highest BCUT2D eigenvalue weighted by molar-refractivity contribution is 5.95. The van der Waals surface area contributed by atoms with Gasteiger partial charge in [-0.15, -0.1) is 0 Å². The second kappa shape index (κ2) is 10.6. The Morgan fingerprint density at radius 1 is 1.14 bits per heavy atom. The number of nitrogens with zero attached hydrogens (tertiary/aromatic N) is 5. The fraction of sp³-hybridized carbons (Fsp3) is 0.385. The minimum Gasteiger partial charge on any atom is -0.491 e. The largest absolute Gasteiger partial charge is 0.491 e. The van der Waals surface area contributed by atoms with Crippen molar-refractivity contribution in [2.75, 3.05) is 50.1 Å². The molecule has 1 aromatic carbocycles. The lowest BCUT2D eigenvalue weighted by Crippen LogP contribution is -2.29. The van der Waals surface area contributed by atoms with Crippen LogP contribution in [0.3, 0.4) is 0 Å². The first-order valence-electron chi connectivity index (χ1n) is 12.2. The summed E-state index contributed by atoms with van der Waals surface area (Å²) in [5, 5.41) is 3.09. The molecule has 1 amide bonds. The SMILES string of the molecule is COc1nc(Nc2cncc(OCCN3CCC(F)(F)C3)c2)ncc1-c1ccc(N2CCCC2=O)cc1. The van der Waals surface area contributed by atoms with Gasteiger partial charge in [-0.2, -0.15) is 4.98 Å². The van der Waals surface area contributed by atoms with E-state index in [1.54, 1.807) is 41.6 Å². The zero-order valence-corrected chi connectivity index (χ0v) is 20.5. The number of alkyl halides is 2. The monoisotopic (exact) mass is 510 g/mol. The minimum atomic E-state index is -2.61. The number of pyridine rings is 1. The van der Waals surface area contributed by atoms with E-state index in [1.165, 1.54) is 0 Å². The van der Waals surface area contributed by atoms with E-state index in [2.05, 4.69) is 20.3 Å². The number of halogens is 2. The normalized spacial score (nSPS) is 17.3. The number of methoxy groups -OCH3 is 1. The maximum Gasteiger partial charge on any atom is 0.261 e. The summed E-state index contributed by atoms with van der Waals surface area (Å²) in [5.74, 6) is -1.25. The molecule has 2 aromatic heterocycles. The van der Waals surface area contributed by atoms with Crippen molar-refractivity contribution in [3.63, 3.8) is 0 Å². The summed E-state index contributed by atoms with van der Waals surface area (Å²) in [6.07, 6.45) is 6.19. The van der Waals surface area contributed by atoms with E-state index in [0.717, 1.165) is 29.8 Å². The first-order valence-corrected chi connectivity index (χ1v) is 12.2. The van der Waals surface area contributed by atoms with Gasteiger partial charge in [-0.05, 0) is 24.1 Å². The molecule has 11 heteroatoms. The number of hydrogen-bond acceptors (Lipinski definition) is 8. The van der Waals surface area contributed by atoms with Gasteiger partial charge in [-0.25, -0.2) is 13.8 Å². The third-order valence-electron chi connectivity index (χ3n) is 6.40. The molecule has 0 radical (unpaired) electrons. The van der Waals surface area contributed by atoms with Gasteiger partial charge in [-0.3, -0.25) is 14.7 Å². The Morgan fingerprint density at radius 2 is 1.97 bits per heavy atom. The third kappa shape index (κ3) is 5.93. The summed E-state index contributed by atoms with van der Waals surface area (Å²) in [4.78, 5) is 28.6. The van der Waals surface area contributed by atoms with Crippen molar-refractivity contribution in [1.82, 2.24) is 19.9 Å². The van der Waals surface area contributed by atoms with Crippen LogP contribution in [0.25, 0.3) is 11.1 Å². The van der Waals surface area contributed by atoms with Crippen molar-refractivity contribution in [2.24, 2.45) is 0 Å². The molecule has 2 aliphatic rings. The van der Waals surface area contributed by atoms with Crippen LogP contribution < -0.4 is 19.7 Å². The van der Waals surface area contributed by atoms with Crippen LogP contribution in [0.2, 0.25) is 0 Å². The van der Waals surface area contributed by atoms with Gasteiger partial charge >= 0.3 is 0 Å². The van der Waals surface area contributed by atoms with E-state index < -0.39 is 5.92 Å². The second-order valence-corrected chi connectivity index (χ2v) is 9.08. The molecule has 0 bridgehead atoms. The van der Waals surface area contributed by atoms with Crippen molar-refractivity contribution in [3.8, 4) is 22.8 Å². The van der Waals surface area contributed by atoms with Gasteiger partial charge in [0, 0.05) is 50.4 Å². The lowest BCUT2D eigenvalue weighted by atomic mass is 10.1. The zero-order chi connectivity index (χ0) is 25.8. The molecule has 1 N–H and O–H groups in total. The molecule has 37 heavy (non-hydrogen) atoms. The Hall–Kier alpha value is -3.86. The molecular formula is C26H28F2N6O3. The summed E-state index contributed by atoms with van der Waals surface area (Å²) in [5.41, 5.74) is 3.07. The van der Waals surface area contributed by atoms with E-state index in [-0.39, 0.29) is 25.5 Å². The quantitative estimate of drug-likeness (QED) is 0.459. The molecular weight excluding hydrogens is 482 g/mol. The Balaban J connectivity index is 1.22. The molecule has 0 spiro atoms. The minimum absolute atomic E-state index is 0.110. The molecule has 5 rings (SSSR count). The molecule has 0 atom stereocenters. The molecule has 9 nitrogen and oxygen atoms in total. The number of aromatic nitrogens is 3. The first kappa shape index (κ1) is 24.8. The summed E-state index contributed by atoms with van der Waals surface area (Å²) < 4.78 is 37.9. The Kier molecular flexibility index (Phi) is 7.13. The standard InChI is InChI=1S/C26H28F2N6O3/c1-36-24-22(18-4-6-20(7-5-18)34-9-2-3-23(34)35)16-30-25(32-24)31-19-13-21(15-29-14-19)37-12-11-33-10-8-26(27,28)17-33/h4-7,13-16H,2-3,8-12,17H2,1H3,(H,30,31,32). The molecule has 2 fully saturated rings. The van der Waals surface area contributed by atoms with Crippen molar-refractivity contribution >= 4 is 23.2 Å². The van der Waals surface area contributed by atoms with Gasteiger partial charge in [0.1, 0.15) is 12.4 Å². The molecule has 0 saturated carbocycles. The van der Waals surface area contributed by atoms with Crippen LogP contribution in [0.15, 0.2) is 48.9 Å². The number of carbonyl (C=O) groups is 1. The first-order chi connectivity index (χ1) is 17.9. The fourth-order valence-electron chi connectivity index (χ4n) is 4.51. The molecule has 194 valence electrons. The van der Waals surface area contributed by atoms with Gasteiger partial charge < -0.3 is 19.7 Å². The Labute approximate surface area is 213 Å². The van der Waals surface area contributed by atoms with Crippen LogP contribution in [-0.4, -0.2) is 71.6 Å². The van der Waals surface area contributed by atoms with E-state index in [4.69, 9.17) is 9.47 Å². The molecule has 4 heterocycles. The maximum atomic E-state index is 13.3. The molecule has 3 aromatic rings. The predicted octanol–water partition coefficient (Wildman–Crippen LogP) is 4.14. The van der Waals surface area contributed by atoms with Gasteiger partial charge in [0.05, 0.1) is 37.3 Å². The number of anilines is 3. The van der Waals surface area contributed by atoms with Crippen molar-refractivity contribution in [2.45, 2.75) is 25.2 Å². The summed E-state index contributed by atoms with van der Waals surface area (Å²) in [6.45, 7) is 1.58. The number of rotatable bonds is 9. The number of carbonyl (C=O) groups excluding carboxylic acids is 1. The highest BCUT2D eigenvalue weighted by Gasteiger charge is 2.37. The van der Waals surface area contributed by atoms with Gasteiger partial charge in [-0.1, -0.05) is 12.1 Å². The van der Waals surface area contributed by atoms with Crippen LogP contribution in [0.5, 0.6) is 11.6 Å². The van der Waals surface area contributed by atoms with Crippen molar-refractivity contribution in [3.05, 3.63) is 48.9 Å². The van der Waals surface area contributed by atoms with Crippen LogP contribution in [0.1, 0.15) is 19.3 Å². The number of benzene rings is 1. The number of hydrogen-bond donors (Lipinski definition) is 1. The fourth-order valence-corrected chi connectivity index (χ4v) is 4.51. The lowest BCUT2D eigenvalue weighted by Gasteiger charge is -2.16. The van der Waals surface area contributed by atoms with Gasteiger partial charge in [0.2, 0.25) is 17.7 Å². The highest BCUT2D eigenvalue weighted by Crippen LogP contribution is 2.32. The van der Waals surface area contributed by atoms with E-state index >= 15 is 0 Å². The van der Waals surface area contributed by atoms with Crippen LogP contribution in [-0.2, 0) is 4.79 Å². The summed E-state index contributed by atoms with van der Waals surface area (Å²) >= 11 is 0. The van der Waals surface area contributed by atoms with Crippen molar-refractivity contribution < 1.29 is 23.0 Å². The average molecular weight is 511 g/mol. The molecule has 0 unspecified atom stereocenters. The Bertz CT molecular complexity index is 1260. The number of ether oxygens (including phenoxy) is 2. The van der Waals surface area contributed by atoms with Crippen LogP contribution in [0, 0.1) is 0 Å². The second-order valence-electron chi connectivity index (χ2n) is 9.08. The average Bonchev–Trinajstić information content (AvgIpc) is 3.48. The maximum absolute atomic E-state index is 13.3. The van der Waals surface area contributed by atoms with Crippen LogP contribution in [0.4, 0.5) is 26.1 Å². The lowest BCUT2D eigenvalue weighted by molar-refractivity contribution is -0.117. The smallest absolute Gasteiger partial charge is 0.261 e. The van der Waals surface area contributed by atoms with E-state index in [9.17, 15) is 13.6 Å². The van der Waals surface area contributed by atoms with Gasteiger partial charge in [0.15, 0.2) is 0 Å². The topological polar surface area (TPSA) is 92.7 Å². The molecule has 2 aliphatic heterocycles. The van der Waals surface area contributed by atoms with Crippen molar-refractivity contribution in [1.29, 1.82) is 0 Å². The summed E-state index contributed by atoms with van der Waals surface area (Å²) in [7, 11) is 1.54. The highest BCUT2D eigenvalue weighted by atomic mass is 19.3. The number of nitrogens with one attached hydrogen (secondary N) is 1. The Morgan fingerprint density at radius 3 is 2.68 bits per heavy atom. The van der Waals surface area contributed by atoms with Crippen LogP contribution >= 0.6 is 0 Å². The van der Waals surface area contributed by atoms with E-state index in [0.29, 0.717) is 42.8 Å². The molecule has 0 aliphatic carbocycles.